The molecule has 1 aromatic carbocycles. The van der Waals surface area contributed by atoms with E-state index in [0.29, 0.717) is 6.42 Å². The third kappa shape index (κ3) is 7.07. The summed E-state index contributed by atoms with van der Waals surface area (Å²) < 4.78 is 0. The topological polar surface area (TPSA) is 38.3 Å². The van der Waals surface area contributed by atoms with E-state index in [1.54, 1.807) is 0 Å². The first kappa shape index (κ1) is 14.7. The van der Waals surface area contributed by atoms with Gasteiger partial charge in [0.15, 0.2) is 0 Å². The van der Waals surface area contributed by atoms with Crippen LogP contribution >= 0.6 is 0 Å². The van der Waals surface area contributed by atoms with Crippen LogP contribution in [0.15, 0.2) is 30.3 Å². The standard InChI is InChI=1S/C15H23NO2/c1-15(2,3)18-16-14(17)12-8-7-11-13-9-5-4-6-10-13/h4-6,9-10H,7-8,11-12H2,1-3H3,(H,16,17). The van der Waals surface area contributed by atoms with E-state index >= 15 is 0 Å². The molecule has 0 heterocycles. The van der Waals surface area contributed by atoms with E-state index in [1.807, 2.05) is 39.0 Å². The summed E-state index contributed by atoms with van der Waals surface area (Å²) in [6.07, 6.45) is 3.44. The summed E-state index contributed by atoms with van der Waals surface area (Å²) in [6, 6.07) is 10.3. The molecule has 0 fully saturated rings. The van der Waals surface area contributed by atoms with Crippen molar-refractivity contribution in [1.29, 1.82) is 0 Å². The second-order valence-corrected chi connectivity index (χ2v) is 5.43. The van der Waals surface area contributed by atoms with Crippen LogP contribution in [0.25, 0.3) is 0 Å². The van der Waals surface area contributed by atoms with Crippen LogP contribution in [0.1, 0.15) is 45.6 Å². The Balaban J connectivity index is 2.09. The van der Waals surface area contributed by atoms with Gasteiger partial charge in [-0.2, -0.15) is 0 Å². The molecule has 0 bridgehead atoms. The van der Waals surface area contributed by atoms with E-state index in [9.17, 15) is 4.79 Å². The zero-order valence-electron chi connectivity index (χ0n) is 11.5. The number of carbonyl (C=O) groups is 1. The first-order valence-corrected chi connectivity index (χ1v) is 6.48. The third-order valence-electron chi connectivity index (χ3n) is 2.43. The van der Waals surface area contributed by atoms with Gasteiger partial charge in [-0.25, -0.2) is 5.48 Å². The number of unbranched alkanes of at least 4 members (excludes halogenated alkanes) is 1. The molecular weight excluding hydrogens is 226 g/mol. The van der Waals surface area contributed by atoms with Gasteiger partial charge in [-0.05, 0) is 45.6 Å². The number of carbonyl (C=O) groups excluding carboxylic acids is 1. The number of hydroxylamine groups is 1. The van der Waals surface area contributed by atoms with Gasteiger partial charge in [0.25, 0.3) is 0 Å². The van der Waals surface area contributed by atoms with Crippen LogP contribution in [0, 0.1) is 0 Å². The summed E-state index contributed by atoms with van der Waals surface area (Å²) in [5.74, 6) is -0.0435. The van der Waals surface area contributed by atoms with Crippen LogP contribution in [0.2, 0.25) is 0 Å². The van der Waals surface area contributed by atoms with Crippen LogP contribution in [0.3, 0.4) is 0 Å². The van der Waals surface area contributed by atoms with Crippen LogP contribution in [-0.2, 0) is 16.1 Å². The zero-order valence-corrected chi connectivity index (χ0v) is 11.5. The Morgan fingerprint density at radius 1 is 1.17 bits per heavy atom. The summed E-state index contributed by atoms with van der Waals surface area (Å²) in [7, 11) is 0. The highest BCUT2D eigenvalue weighted by Crippen LogP contribution is 2.07. The number of rotatable bonds is 6. The Bertz CT molecular complexity index is 355. The van der Waals surface area contributed by atoms with Crippen molar-refractivity contribution in [3.8, 4) is 0 Å². The zero-order chi connectivity index (χ0) is 13.4. The van der Waals surface area contributed by atoms with Gasteiger partial charge in [-0.3, -0.25) is 9.63 Å². The number of hydrogen-bond donors (Lipinski definition) is 1. The van der Waals surface area contributed by atoms with Crippen molar-refractivity contribution in [2.75, 3.05) is 0 Å². The predicted octanol–water partition coefficient (Wildman–Crippen LogP) is 3.25. The Hall–Kier alpha value is -1.35. The van der Waals surface area contributed by atoms with Crippen molar-refractivity contribution in [2.24, 2.45) is 0 Å². The molecule has 0 atom stereocenters. The number of amides is 1. The van der Waals surface area contributed by atoms with Gasteiger partial charge in [0.05, 0.1) is 5.60 Å². The Morgan fingerprint density at radius 3 is 2.44 bits per heavy atom. The molecule has 1 aromatic rings. The van der Waals surface area contributed by atoms with Gasteiger partial charge in [0.1, 0.15) is 0 Å². The normalized spacial score (nSPS) is 11.3. The van der Waals surface area contributed by atoms with Crippen molar-refractivity contribution in [3.63, 3.8) is 0 Å². The van der Waals surface area contributed by atoms with E-state index in [-0.39, 0.29) is 11.5 Å². The van der Waals surface area contributed by atoms with Crippen molar-refractivity contribution in [2.45, 2.75) is 52.1 Å². The second kappa shape index (κ2) is 7.17. The lowest BCUT2D eigenvalue weighted by molar-refractivity contribution is -0.145. The minimum Gasteiger partial charge on any atom is -0.273 e. The number of hydrogen-bond acceptors (Lipinski definition) is 2. The van der Waals surface area contributed by atoms with Gasteiger partial charge < -0.3 is 0 Å². The highest BCUT2D eigenvalue weighted by atomic mass is 16.7. The van der Waals surface area contributed by atoms with Crippen LogP contribution < -0.4 is 5.48 Å². The van der Waals surface area contributed by atoms with Crippen LogP contribution in [-0.4, -0.2) is 11.5 Å². The second-order valence-electron chi connectivity index (χ2n) is 5.43. The lowest BCUT2D eigenvalue weighted by Gasteiger charge is -2.18. The fourth-order valence-electron chi connectivity index (χ4n) is 1.52. The molecule has 18 heavy (non-hydrogen) atoms. The highest BCUT2D eigenvalue weighted by Gasteiger charge is 2.12. The molecule has 0 unspecified atom stereocenters. The molecule has 1 amide bonds. The van der Waals surface area contributed by atoms with Gasteiger partial charge in [0, 0.05) is 6.42 Å². The average molecular weight is 249 g/mol. The van der Waals surface area contributed by atoms with Crippen molar-refractivity contribution in [3.05, 3.63) is 35.9 Å². The molecule has 0 aliphatic carbocycles. The molecule has 0 aromatic heterocycles. The fourth-order valence-corrected chi connectivity index (χ4v) is 1.52. The summed E-state index contributed by atoms with van der Waals surface area (Å²) in [6.45, 7) is 5.72. The number of aryl methyl sites for hydroxylation is 1. The smallest absolute Gasteiger partial charge is 0.243 e. The maximum atomic E-state index is 11.5. The van der Waals surface area contributed by atoms with Gasteiger partial charge in [0.2, 0.25) is 5.91 Å². The molecule has 3 nitrogen and oxygen atoms in total. The minimum absolute atomic E-state index is 0.0435. The van der Waals surface area contributed by atoms with E-state index in [4.69, 9.17) is 4.84 Å². The SMILES string of the molecule is CC(C)(C)ONC(=O)CCCCc1ccccc1. The van der Waals surface area contributed by atoms with Crippen molar-refractivity contribution < 1.29 is 9.63 Å². The lowest BCUT2D eigenvalue weighted by Crippen LogP contribution is -2.33. The first-order valence-electron chi connectivity index (χ1n) is 6.48. The molecule has 0 saturated carbocycles. The van der Waals surface area contributed by atoms with Crippen molar-refractivity contribution >= 4 is 5.91 Å². The summed E-state index contributed by atoms with van der Waals surface area (Å²) >= 11 is 0. The molecule has 1 N–H and O–H groups in total. The summed E-state index contributed by atoms with van der Waals surface area (Å²) in [5.41, 5.74) is 3.47. The molecule has 0 radical (unpaired) electrons. The number of benzene rings is 1. The maximum Gasteiger partial charge on any atom is 0.243 e. The monoisotopic (exact) mass is 249 g/mol. The fraction of sp³-hybridized carbons (Fsp3) is 0.533. The molecule has 0 aliphatic rings. The quantitative estimate of drug-likeness (QED) is 0.621. The average Bonchev–Trinajstić information content (AvgIpc) is 2.33. The Labute approximate surface area is 109 Å². The van der Waals surface area contributed by atoms with E-state index in [1.165, 1.54) is 5.56 Å². The molecular formula is C15H23NO2. The maximum absolute atomic E-state index is 11.5. The molecule has 1 rings (SSSR count). The Kier molecular flexibility index (Phi) is 5.86. The molecule has 0 aliphatic heterocycles. The summed E-state index contributed by atoms with van der Waals surface area (Å²) in [4.78, 5) is 16.7. The van der Waals surface area contributed by atoms with Crippen LogP contribution in [0.4, 0.5) is 0 Å². The third-order valence-corrected chi connectivity index (χ3v) is 2.43. The largest absolute Gasteiger partial charge is 0.273 e. The minimum atomic E-state index is -0.334. The van der Waals surface area contributed by atoms with E-state index in [0.717, 1.165) is 19.3 Å². The molecule has 3 heteroatoms. The van der Waals surface area contributed by atoms with E-state index < -0.39 is 0 Å². The summed E-state index contributed by atoms with van der Waals surface area (Å²) in [5, 5.41) is 0. The first-order chi connectivity index (χ1) is 8.47. The molecule has 100 valence electrons. The van der Waals surface area contributed by atoms with E-state index in [2.05, 4.69) is 17.6 Å². The predicted molar refractivity (Wildman–Crippen MR) is 73.0 cm³/mol. The van der Waals surface area contributed by atoms with Gasteiger partial charge >= 0.3 is 0 Å². The van der Waals surface area contributed by atoms with Crippen molar-refractivity contribution in [1.82, 2.24) is 5.48 Å². The Morgan fingerprint density at radius 2 is 1.83 bits per heavy atom. The van der Waals surface area contributed by atoms with Gasteiger partial charge in [-0.15, -0.1) is 0 Å². The van der Waals surface area contributed by atoms with Crippen LogP contribution in [0.5, 0.6) is 0 Å². The molecule has 0 saturated heterocycles. The number of nitrogens with one attached hydrogen (secondary N) is 1. The lowest BCUT2D eigenvalue weighted by atomic mass is 10.1. The highest BCUT2D eigenvalue weighted by molar-refractivity contribution is 5.74. The van der Waals surface area contributed by atoms with Gasteiger partial charge in [-0.1, -0.05) is 30.3 Å². The molecule has 0 spiro atoms.